The molecule has 5 nitrogen and oxygen atoms in total. The maximum Gasteiger partial charge on any atom is 0.321 e. The second-order valence-electron chi connectivity index (χ2n) is 3.98. The Morgan fingerprint density at radius 2 is 2.47 bits per heavy atom. The van der Waals surface area contributed by atoms with Gasteiger partial charge in [0.05, 0.1) is 18.1 Å². The average Bonchev–Trinajstić information content (AvgIpc) is 2.98. The lowest BCUT2D eigenvalue weighted by Crippen LogP contribution is -2.44. The van der Waals surface area contributed by atoms with Crippen molar-refractivity contribution in [2.45, 2.75) is 18.5 Å². The zero-order valence-electron chi connectivity index (χ0n) is 8.88. The highest BCUT2D eigenvalue weighted by atomic mass is 32.1. The Morgan fingerprint density at radius 3 is 3.18 bits per heavy atom. The van der Waals surface area contributed by atoms with Gasteiger partial charge in [-0.15, -0.1) is 11.3 Å². The molecule has 17 heavy (non-hydrogen) atoms. The van der Waals surface area contributed by atoms with E-state index in [9.17, 15) is 4.79 Å². The van der Waals surface area contributed by atoms with Crippen LogP contribution in [-0.4, -0.2) is 27.1 Å². The van der Waals surface area contributed by atoms with Crippen molar-refractivity contribution in [2.24, 2.45) is 0 Å². The van der Waals surface area contributed by atoms with Gasteiger partial charge in [0.2, 0.25) is 0 Å². The van der Waals surface area contributed by atoms with Gasteiger partial charge >= 0.3 is 5.97 Å². The zero-order chi connectivity index (χ0) is 11.8. The number of thiophene rings is 1. The summed E-state index contributed by atoms with van der Waals surface area (Å²) >= 11 is 1.60. The Morgan fingerprint density at radius 1 is 1.59 bits per heavy atom. The molecule has 3 rings (SSSR count). The molecule has 6 heteroatoms. The van der Waals surface area contributed by atoms with Gasteiger partial charge in [-0.1, -0.05) is 6.07 Å². The summed E-state index contributed by atoms with van der Waals surface area (Å²) in [6.07, 6.45) is 2.07. The molecule has 2 aromatic heterocycles. The number of nitrogens with zero attached hydrogens (tertiary/aromatic N) is 1. The van der Waals surface area contributed by atoms with E-state index in [1.54, 1.807) is 17.7 Å². The number of fused-ring (bicyclic) bond motifs is 1. The number of H-pyrrole nitrogens is 1. The fourth-order valence-electron chi connectivity index (χ4n) is 2.12. The molecule has 2 atom stereocenters. The Bertz CT molecular complexity index is 535. The van der Waals surface area contributed by atoms with E-state index in [1.807, 2.05) is 17.5 Å². The van der Waals surface area contributed by atoms with Crippen molar-refractivity contribution in [3.8, 4) is 0 Å². The number of hydrogen-bond donors (Lipinski definition) is 3. The smallest absolute Gasteiger partial charge is 0.321 e. The molecule has 0 saturated carbocycles. The number of nitrogens with one attached hydrogen (secondary N) is 2. The summed E-state index contributed by atoms with van der Waals surface area (Å²) in [7, 11) is 0. The van der Waals surface area contributed by atoms with E-state index in [0.717, 1.165) is 16.3 Å². The molecule has 0 aromatic carbocycles. The number of aromatic amines is 1. The van der Waals surface area contributed by atoms with Gasteiger partial charge < -0.3 is 10.1 Å². The molecule has 3 N–H and O–H groups in total. The molecule has 0 spiro atoms. The molecule has 0 saturated heterocycles. The third-order valence-electron chi connectivity index (χ3n) is 2.93. The summed E-state index contributed by atoms with van der Waals surface area (Å²) in [5.74, 6) is -0.827. The van der Waals surface area contributed by atoms with Crippen LogP contribution >= 0.6 is 11.3 Å². The molecule has 1 aliphatic rings. The maximum absolute atomic E-state index is 11.1. The highest BCUT2D eigenvalue weighted by Crippen LogP contribution is 2.30. The lowest BCUT2D eigenvalue weighted by molar-refractivity contribution is -0.139. The fourth-order valence-corrected chi connectivity index (χ4v) is 2.91. The van der Waals surface area contributed by atoms with Crippen LogP contribution in [0.15, 0.2) is 23.8 Å². The molecule has 0 amide bonds. The second-order valence-corrected chi connectivity index (χ2v) is 4.96. The van der Waals surface area contributed by atoms with Crippen LogP contribution in [0.5, 0.6) is 0 Å². The maximum atomic E-state index is 11.1. The molecule has 0 fully saturated rings. The number of carboxylic acids is 1. The number of hydrogen-bond acceptors (Lipinski definition) is 4. The number of aliphatic carboxylic acids is 1. The van der Waals surface area contributed by atoms with Gasteiger partial charge in [0.1, 0.15) is 6.04 Å². The van der Waals surface area contributed by atoms with E-state index >= 15 is 0 Å². The lowest BCUT2D eigenvalue weighted by Gasteiger charge is -2.27. The normalized spacial score (nSPS) is 23.3. The molecule has 1 aliphatic heterocycles. The topological polar surface area (TPSA) is 78.0 Å². The Balaban J connectivity index is 2.01. The third-order valence-corrected chi connectivity index (χ3v) is 3.86. The Hall–Kier alpha value is -1.66. The van der Waals surface area contributed by atoms with Gasteiger partial charge in [-0.25, -0.2) is 4.98 Å². The standard InChI is InChI=1S/C11H11N3O2S/c15-11(16)7-4-6-9(13-5-12-6)10(14-7)8-2-1-3-17-8/h1-3,5,7,10,14H,4H2,(H,12,13)(H,15,16)/t7-,10+/m0/s1. The Kier molecular flexibility index (Phi) is 2.45. The third kappa shape index (κ3) is 1.75. The molecular formula is C11H11N3O2S. The lowest BCUT2D eigenvalue weighted by atomic mass is 9.98. The van der Waals surface area contributed by atoms with Gasteiger partial charge in [-0.05, 0) is 11.4 Å². The predicted molar refractivity (Wildman–Crippen MR) is 63.0 cm³/mol. The monoisotopic (exact) mass is 249 g/mol. The number of aromatic nitrogens is 2. The summed E-state index contributed by atoms with van der Waals surface area (Å²) in [6, 6.07) is 3.27. The zero-order valence-corrected chi connectivity index (χ0v) is 9.70. The first-order chi connectivity index (χ1) is 8.25. The van der Waals surface area contributed by atoms with Crippen molar-refractivity contribution < 1.29 is 9.90 Å². The SMILES string of the molecule is O=C(O)[C@@H]1Cc2[nH]cnc2[C@@H](c2cccs2)N1. The van der Waals surface area contributed by atoms with Gasteiger partial charge in [-0.3, -0.25) is 10.1 Å². The minimum atomic E-state index is -0.827. The summed E-state index contributed by atoms with van der Waals surface area (Å²) in [5, 5.41) is 14.2. The minimum absolute atomic E-state index is 0.119. The predicted octanol–water partition coefficient (Wildman–Crippen LogP) is 1.16. The average molecular weight is 249 g/mol. The molecule has 2 aromatic rings. The van der Waals surface area contributed by atoms with Crippen molar-refractivity contribution in [3.63, 3.8) is 0 Å². The van der Waals surface area contributed by atoms with E-state index in [4.69, 9.17) is 5.11 Å². The summed E-state index contributed by atoms with van der Waals surface area (Å²) < 4.78 is 0. The quantitative estimate of drug-likeness (QED) is 0.746. The van der Waals surface area contributed by atoms with Crippen LogP contribution in [0.4, 0.5) is 0 Å². The van der Waals surface area contributed by atoms with Crippen LogP contribution in [0.25, 0.3) is 0 Å². The first-order valence-electron chi connectivity index (χ1n) is 5.30. The van der Waals surface area contributed by atoms with Crippen molar-refractivity contribution in [1.82, 2.24) is 15.3 Å². The summed E-state index contributed by atoms with van der Waals surface area (Å²) in [6.45, 7) is 0. The van der Waals surface area contributed by atoms with Crippen molar-refractivity contribution >= 4 is 17.3 Å². The largest absolute Gasteiger partial charge is 0.480 e. The molecule has 0 aliphatic carbocycles. The second kappa shape index (κ2) is 3.97. The number of carboxylic acid groups (broad SMARTS) is 1. The highest BCUT2D eigenvalue weighted by Gasteiger charge is 2.33. The van der Waals surface area contributed by atoms with Gasteiger partial charge in [0.25, 0.3) is 0 Å². The van der Waals surface area contributed by atoms with Crippen molar-refractivity contribution in [2.75, 3.05) is 0 Å². The summed E-state index contributed by atoms with van der Waals surface area (Å²) in [4.78, 5) is 19.5. The van der Waals surface area contributed by atoms with Crippen LogP contribution in [0.3, 0.4) is 0 Å². The van der Waals surface area contributed by atoms with E-state index in [1.165, 1.54) is 0 Å². The molecule has 88 valence electrons. The summed E-state index contributed by atoms with van der Waals surface area (Å²) in [5.41, 5.74) is 1.82. The van der Waals surface area contributed by atoms with Gasteiger partial charge in [0.15, 0.2) is 0 Å². The van der Waals surface area contributed by atoms with Crippen molar-refractivity contribution in [3.05, 3.63) is 40.1 Å². The number of carbonyl (C=O) groups is 1. The molecular weight excluding hydrogens is 238 g/mol. The fraction of sp³-hybridized carbons (Fsp3) is 0.273. The molecule has 0 radical (unpaired) electrons. The molecule has 0 unspecified atom stereocenters. The van der Waals surface area contributed by atoms with E-state index in [-0.39, 0.29) is 6.04 Å². The van der Waals surface area contributed by atoms with Crippen LogP contribution in [0.1, 0.15) is 22.3 Å². The Labute approximate surface area is 102 Å². The molecule has 0 bridgehead atoms. The first-order valence-corrected chi connectivity index (χ1v) is 6.18. The minimum Gasteiger partial charge on any atom is -0.480 e. The number of imidazole rings is 1. The van der Waals surface area contributed by atoms with Crippen molar-refractivity contribution in [1.29, 1.82) is 0 Å². The van der Waals surface area contributed by atoms with Crippen LogP contribution in [0.2, 0.25) is 0 Å². The van der Waals surface area contributed by atoms with Gasteiger partial charge in [0, 0.05) is 17.0 Å². The van der Waals surface area contributed by atoms with Crippen LogP contribution < -0.4 is 5.32 Å². The van der Waals surface area contributed by atoms with E-state index in [2.05, 4.69) is 15.3 Å². The van der Waals surface area contributed by atoms with Crippen LogP contribution in [-0.2, 0) is 11.2 Å². The first kappa shape index (κ1) is 10.5. The van der Waals surface area contributed by atoms with Gasteiger partial charge in [-0.2, -0.15) is 0 Å². The number of rotatable bonds is 2. The van der Waals surface area contributed by atoms with Crippen LogP contribution in [0, 0.1) is 0 Å². The van der Waals surface area contributed by atoms with E-state index in [0.29, 0.717) is 6.42 Å². The highest BCUT2D eigenvalue weighted by molar-refractivity contribution is 7.10. The molecule has 3 heterocycles. The van der Waals surface area contributed by atoms with E-state index < -0.39 is 12.0 Å².